The maximum Gasteiger partial charge on any atom is 0.224 e. The number of hydrogen-bond acceptors (Lipinski definition) is 3. The zero-order valence-electron chi connectivity index (χ0n) is 12.7. The Morgan fingerprint density at radius 3 is 2.75 bits per heavy atom. The number of amides is 2. The summed E-state index contributed by atoms with van der Waals surface area (Å²) in [7, 11) is 0. The molecule has 0 unspecified atom stereocenters. The van der Waals surface area contributed by atoms with E-state index in [9.17, 15) is 9.59 Å². The number of carbonyl (C=O) groups is 2. The molecule has 0 saturated carbocycles. The Labute approximate surface area is 120 Å². The average molecular weight is 282 g/mol. The minimum Gasteiger partial charge on any atom is -0.377 e. The second-order valence-corrected chi connectivity index (χ2v) is 6.99. The maximum atomic E-state index is 12.1. The molecule has 0 aromatic heterocycles. The molecule has 114 valence electrons. The van der Waals surface area contributed by atoms with E-state index in [0.29, 0.717) is 31.8 Å². The molecule has 5 heteroatoms. The van der Waals surface area contributed by atoms with Gasteiger partial charge < -0.3 is 15.4 Å². The molecule has 2 amide bonds. The van der Waals surface area contributed by atoms with Crippen molar-refractivity contribution in [3.8, 4) is 0 Å². The minimum absolute atomic E-state index is 0.0473. The highest BCUT2D eigenvalue weighted by atomic mass is 16.5. The van der Waals surface area contributed by atoms with Gasteiger partial charge in [-0.3, -0.25) is 9.59 Å². The van der Waals surface area contributed by atoms with Crippen LogP contribution in [0, 0.1) is 17.3 Å². The molecule has 0 aliphatic carbocycles. The van der Waals surface area contributed by atoms with Crippen LogP contribution in [0.4, 0.5) is 0 Å². The van der Waals surface area contributed by atoms with Crippen LogP contribution in [0.15, 0.2) is 0 Å². The van der Waals surface area contributed by atoms with Crippen LogP contribution in [-0.4, -0.2) is 37.6 Å². The Morgan fingerprint density at radius 1 is 1.40 bits per heavy atom. The summed E-state index contributed by atoms with van der Waals surface area (Å²) in [5, 5.41) is 5.79. The Morgan fingerprint density at radius 2 is 2.15 bits per heavy atom. The highest BCUT2D eigenvalue weighted by Gasteiger charge is 2.37. The lowest BCUT2D eigenvalue weighted by molar-refractivity contribution is -0.129. The highest BCUT2D eigenvalue weighted by Crippen LogP contribution is 2.34. The molecule has 2 rings (SSSR count). The quantitative estimate of drug-likeness (QED) is 0.814. The van der Waals surface area contributed by atoms with E-state index >= 15 is 0 Å². The molecule has 0 bridgehead atoms. The van der Waals surface area contributed by atoms with Gasteiger partial charge in [0.15, 0.2) is 0 Å². The lowest BCUT2D eigenvalue weighted by Gasteiger charge is -2.31. The van der Waals surface area contributed by atoms with Gasteiger partial charge in [-0.05, 0) is 18.3 Å². The third kappa shape index (κ3) is 3.72. The number of ether oxygens (including phenoxy) is 1. The van der Waals surface area contributed by atoms with Crippen molar-refractivity contribution in [1.82, 2.24) is 10.6 Å². The second kappa shape index (κ2) is 6.12. The van der Waals surface area contributed by atoms with Gasteiger partial charge in [0.2, 0.25) is 11.8 Å². The van der Waals surface area contributed by atoms with E-state index in [0.717, 1.165) is 13.0 Å². The van der Waals surface area contributed by atoms with E-state index in [1.807, 2.05) is 0 Å². The first kappa shape index (κ1) is 15.3. The molecule has 2 heterocycles. The van der Waals surface area contributed by atoms with E-state index in [-0.39, 0.29) is 29.3 Å². The summed E-state index contributed by atoms with van der Waals surface area (Å²) in [5.74, 6) is 0.413. The topological polar surface area (TPSA) is 67.4 Å². The SMILES string of the molecule is CC(C)(C)[C@H]1OCC[C@@H]1CNC(=O)[C@@H]1CCC(=O)NC1. The fourth-order valence-corrected chi connectivity index (χ4v) is 3.13. The summed E-state index contributed by atoms with van der Waals surface area (Å²) in [5.41, 5.74) is 0.102. The van der Waals surface area contributed by atoms with Crippen LogP contribution < -0.4 is 10.6 Å². The Hall–Kier alpha value is -1.10. The summed E-state index contributed by atoms with van der Waals surface area (Å²) in [6.45, 7) is 8.44. The molecule has 2 fully saturated rings. The third-order valence-electron chi connectivity index (χ3n) is 4.24. The molecule has 0 radical (unpaired) electrons. The third-order valence-corrected chi connectivity index (χ3v) is 4.24. The van der Waals surface area contributed by atoms with Crippen molar-refractivity contribution in [3.63, 3.8) is 0 Å². The Kier molecular flexibility index (Phi) is 4.68. The van der Waals surface area contributed by atoms with E-state index in [1.165, 1.54) is 0 Å². The van der Waals surface area contributed by atoms with Crippen molar-refractivity contribution in [2.75, 3.05) is 19.7 Å². The van der Waals surface area contributed by atoms with Gasteiger partial charge in [-0.2, -0.15) is 0 Å². The summed E-state index contributed by atoms with van der Waals surface area (Å²) in [6, 6.07) is 0. The van der Waals surface area contributed by atoms with Crippen LogP contribution in [0.1, 0.15) is 40.0 Å². The van der Waals surface area contributed by atoms with E-state index in [1.54, 1.807) is 0 Å². The molecule has 2 saturated heterocycles. The molecular formula is C15H26N2O3. The zero-order chi connectivity index (χ0) is 14.8. The second-order valence-electron chi connectivity index (χ2n) is 6.99. The van der Waals surface area contributed by atoms with Crippen LogP contribution in [0.3, 0.4) is 0 Å². The van der Waals surface area contributed by atoms with E-state index in [2.05, 4.69) is 31.4 Å². The summed E-state index contributed by atoms with van der Waals surface area (Å²) in [6.07, 6.45) is 2.31. The van der Waals surface area contributed by atoms with Crippen molar-refractivity contribution in [2.45, 2.75) is 46.1 Å². The van der Waals surface area contributed by atoms with Crippen molar-refractivity contribution in [3.05, 3.63) is 0 Å². The van der Waals surface area contributed by atoms with Crippen LogP contribution in [-0.2, 0) is 14.3 Å². The van der Waals surface area contributed by atoms with Gasteiger partial charge in [0.1, 0.15) is 0 Å². The summed E-state index contributed by atoms with van der Waals surface area (Å²) in [4.78, 5) is 23.2. The molecule has 2 N–H and O–H groups in total. The predicted octanol–water partition coefficient (Wildman–Crippen LogP) is 1.08. The number of piperidine rings is 1. The fourth-order valence-electron chi connectivity index (χ4n) is 3.13. The van der Waals surface area contributed by atoms with Crippen molar-refractivity contribution >= 4 is 11.8 Å². The standard InChI is InChI=1S/C15H26N2O3/c1-15(2,3)13-10(6-7-20-13)8-17-14(19)11-4-5-12(18)16-9-11/h10-11,13H,4-9H2,1-3H3,(H,16,18)(H,17,19)/t10-,11-,13+/m1/s1. The van der Waals surface area contributed by atoms with Crippen LogP contribution >= 0.6 is 0 Å². The molecule has 0 aromatic carbocycles. The molecule has 0 spiro atoms. The van der Waals surface area contributed by atoms with Gasteiger partial charge in [0.05, 0.1) is 12.0 Å². The van der Waals surface area contributed by atoms with Gasteiger partial charge in [0.25, 0.3) is 0 Å². The largest absolute Gasteiger partial charge is 0.377 e. The van der Waals surface area contributed by atoms with Gasteiger partial charge in [0, 0.05) is 32.0 Å². The van der Waals surface area contributed by atoms with Crippen LogP contribution in [0.25, 0.3) is 0 Å². The fraction of sp³-hybridized carbons (Fsp3) is 0.867. The molecule has 20 heavy (non-hydrogen) atoms. The molecule has 3 atom stereocenters. The van der Waals surface area contributed by atoms with Crippen molar-refractivity contribution in [1.29, 1.82) is 0 Å². The van der Waals surface area contributed by atoms with Crippen molar-refractivity contribution < 1.29 is 14.3 Å². The van der Waals surface area contributed by atoms with Gasteiger partial charge >= 0.3 is 0 Å². The molecule has 2 aliphatic heterocycles. The van der Waals surface area contributed by atoms with Crippen LogP contribution in [0.5, 0.6) is 0 Å². The Bertz CT molecular complexity index is 366. The zero-order valence-corrected chi connectivity index (χ0v) is 12.7. The smallest absolute Gasteiger partial charge is 0.224 e. The number of rotatable bonds is 3. The molecule has 0 aromatic rings. The highest BCUT2D eigenvalue weighted by molar-refractivity contribution is 5.83. The van der Waals surface area contributed by atoms with Gasteiger partial charge in [-0.15, -0.1) is 0 Å². The van der Waals surface area contributed by atoms with E-state index in [4.69, 9.17) is 4.74 Å². The maximum absolute atomic E-state index is 12.1. The van der Waals surface area contributed by atoms with E-state index < -0.39 is 0 Å². The Balaban J connectivity index is 1.79. The summed E-state index contributed by atoms with van der Waals surface area (Å²) >= 11 is 0. The van der Waals surface area contributed by atoms with Crippen molar-refractivity contribution in [2.24, 2.45) is 17.3 Å². The first-order chi connectivity index (χ1) is 9.38. The van der Waals surface area contributed by atoms with Gasteiger partial charge in [-0.1, -0.05) is 20.8 Å². The lowest BCUT2D eigenvalue weighted by Crippen LogP contribution is -2.45. The summed E-state index contributed by atoms with van der Waals surface area (Å²) < 4.78 is 5.81. The lowest BCUT2D eigenvalue weighted by atomic mass is 9.81. The predicted molar refractivity (Wildman–Crippen MR) is 76.0 cm³/mol. The number of carbonyl (C=O) groups excluding carboxylic acids is 2. The normalized spacial score (nSPS) is 30.9. The molecule has 5 nitrogen and oxygen atoms in total. The molecular weight excluding hydrogens is 256 g/mol. The van der Waals surface area contributed by atoms with Gasteiger partial charge in [-0.25, -0.2) is 0 Å². The minimum atomic E-state index is -0.0805. The van der Waals surface area contributed by atoms with Crippen LogP contribution in [0.2, 0.25) is 0 Å². The average Bonchev–Trinajstić information content (AvgIpc) is 2.85. The number of hydrogen-bond donors (Lipinski definition) is 2. The number of nitrogens with one attached hydrogen (secondary N) is 2. The first-order valence-corrected chi connectivity index (χ1v) is 7.54. The molecule has 2 aliphatic rings. The first-order valence-electron chi connectivity index (χ1n) is 7.54. The monoisotopic (exact) mass is 282 g/mol.